The Hall–Kier alpha value is -6.80. The molecule has 1 aliphatic carbocycles. The van der Waals surface area contributed by atoms with Crippen molar-refractivity contribution < 1.29 is 18.9 Å². The third-order valence-corrected chi connectivity index (χ3v) is 8.19. The van der Waals surface area contributed by atoms with Crippen LogP contribution in [0.5, 0.6) is 34.5 Å². The minimum atomic E-state index is -1.05. The van der Waals surface area contributed by atoms with Crippen LogP contribution in [-0.2, 0) is 5.60 Å². The standard InChI is InChI=1S/C42H36N4O4/c43-29-11-17-34(18-12-29)47-33-15-9-28(10-16-33)40-22-21-37(48-35-19-13-30(44)14-20-35)26-41(40)42(50-38-7-2-5-32(46)25-38)23-3-8-39(27-42)49-36-6-1-4-31(45)24-36/h1-26H,27,43-46H2. The summed E-state index contributed by atoms with van der Waals surface area (Å²) in [5, 5.41) is 0. The molecule has 0 amide bonds. The van der Waals surface area contributed by atoms with Gasteiger partial charge in [-0.15, -0.1) is 0 Å². The van der Waals surface area contributed by atoms with Crippen molar-refractivity contribution in [3.05, 3.63) is 169 Å². The molecule has 0 aromatic heterocycles. The lowest BCUT2D eigenvalue weighted by Crippen LogP contribution is -2.34. The Morgan fingerprint density at radius 1 is 0.460 bits per heavy atom. The van der Waals surface area contributed by atoms with Gasteiger partial charge in [-0.3, -0.25) is 0 Å². The predicted molar refractivity (Wildman–Crippen MR) is 200 cm³/mol. The number of hydrogen-bond acceptors (Lipinski definition) is 8. The molecule has 0 heterocycles. The first-order valence-corrected chi connectivity index (χ1v) is 16.1. The molecule has 0 fully saturated rings. The van der Waals surface area contributed by atoms with Gasteiger partial charge in [0.2, 0.25) is 0 Å². The van der Waals surface area contributed by atoms with E-state index in [1.54, 1.807) is 30.3 Å². The van der Waals surface area contributed by atoms with Crippen molar-refractivity contribution in [2.45, 2.75) is 12.0 Å². The van der Waals surface area contributed by atoms with Gasteiger partial charge < -0.3 is 41.9 Å². The van der Waals surface area contributed by atoms with Crippen molar-refractivity contribution in [2.75, 3.05) is 22.9 Å². The topological polar surface area (TPSA) is 141 Å². The Labute approximate surface area is 290 Å². The van der Waals surface area contributed by atoms with Crippen molar-refractivity contribution in [3.8, 4) is 45.6 Å². The molecule has 1 aliphatic rings. The van der Waals surface area contributed by atoms with E-state index >= 15 is 0 Å². The molecule has 0 radical (unpaired) electrons. The molecule has 8 nitrogen and oxygen atoms in total. The Balaban J connectivity index is 1.32. The fourth-order valence-electron chi connectivity index (χ4n) is 5.82. The van der Waals surface area contributed by atoms with E-state index in [0.29, 0.717) is 69.4 Å². The monoisotopic (exact) mass is 660 g/mol. The third-order valence-electron chi connectivity index (χ3n) is 8.19. The van der Waals surface area contributed by atoms with Crippen LogP contribution in [0.25, 0.3) is 11.1 Å². The molecule has 8 N–H and O–H groups in total. The summed E-state index contributed by atoms with van der Waals surface area (Å²) in [7, 11) is 0. The summed E-state index contributed by atoms with van der Waals surface area (Å²) in [6.07, 6.45) is 6.26. The molecular formula is C42H36N4O4. The SMILES string of the molecule is Nc1ccc(Oc2ccc(-c3ccc(Oc4ccc(N)cc4)cc3C3(Oc4cccc(N)c4)C=CC=C(Oc4cccc(N)c4)C3)cc2)cc1. The number of allylic oxidation sites excluding steroid dienone is 2. The van der Waals surface area contributed by atoms with E-state index in [9.17, 15) is 0 Å². The molecule has 1 unspecified atom stereocenters. The Morgan fingerprint density at radius 2 is 0.980 bits per heavy atom. The van der Waals surface area contributed by atoms with E-state index in [1.165, 1.54) is 0 Å². The van der Waals surface area contributed by atoms with E-state index in [0.717, 1.165) is 16.7 Å². The minimum absolute atomic E-state index is 0.351. The maximum atomic E-state index is 6.98. The normalized spacial score (nSPS) is 15.2. The minimum Gasteiger partial charge on any atom is -0.478 e. The van der Waals surface area contributed by atoms with E-state index < -0.39 is 5.60 Å². The van der Waals surface area contributed by atoms with Gasteiger partial charge in [-0.25, -0.2) is 0 Å². The second-order valence-electron chi connectivity index (χ2n) is 12.0. The largest absolute Gasteiger partial charge is 0.478 e. The highest BCUT2D eigenvalue weighted by molar-refractivity contribution is 5.72. The molecule has 0 bridgehead atoms. The smallest absolute Gasteiger partial charge is 0.160 e. The highest BCUT2D eigenvalue weighted by Gasteiger charge is 2.38. The van der Waals surface area contributed by atoms with E-state index in [4.69, 9.17) is 41.9 Å². The highest BCUT2D eigenvalue weighted by atomic mass is 16.5. The van der Waals surface area contributed by atoms with Crippen LogP contribution in [0.15, 0.2) is 164 Å². The predicted octanol–water partition coefficient (Wildman–Crippen LogP) is 9.46. The zero-order valence-electron chi connectivity index (χ0n) is 27.2. The van der Waals surface area contributed by atoms with Gasteiger partial charge in [0.05, 0.1) is 6.42 Å². The van der Waals surface area contributed by atoms with E-state index in [1.807, 2.05) is 127 Å². The number of benzene rings is 6. The third kappa shape index (κ3) is 7.35. The number of ether oxygens (including phenoxy) is 4. The van der Waals surface area contributed by atoms with Gasteiger partial charge in [0.1, 0.15) is 40.3 Å². The Bertz CT molecular complexity index is 2180. The highest BCUT2D eigenvalue weighted by Crippen LogP contribution is 2.45. The van der Waals surface area contributed by atoms with Gasteiger partial charge in [-0.2, -0.15) is 0 Å². The quantitative estimate of drug-likeness (QED) is 0.107. The number of rotatable bonds is 10. The lowest BCUT2D eigenvalue weighted by molar-refractivity contribution is 0.106. The first kappa shape index (κ1) is 31.8. The van der Waals surface area contributed by atoms with Crippen molar-refractivity contribution in [1.29, 1.82) is 0 Å². The molecule has 248 valence electrons. The first-order valence-electron chi connectivity index (χ1n) is 16.1. The molecule has 50 heavy (non-hydrogen) atoms. The van der Waals surface area contributed by atoms with E-state index in [2.05, 4.69) is 0 Å². The first-order chi connectivity index (χ1) is 24.3. The summed E-state index contributed by atoms with van der Waals surface area (Å²) in [5.41, 5.74) is 28.3. The van der Waals surface area contributed by atoms with Gasteiger partial charge in [-0.1, -0.05) is 36.4 Å². The average molecular weight is 661 g/mol. The van der Waals surface area contributed by atoms with Gasteiger partial charge in [-0.05, 0) is 120 Å². The number of anilines is 4. The molecule has 6 aromatic rings. The van der Waals surface area contributed by atoms with Crippen LogP contribution >= 0.6 is 0 Å². The zero-order chi connectivity index (χ0) is 34.5. The van der Waals surface area contributed by atoms with Crippen molar-refractivity contribution in [3.63, 3.8) is 0 Å². The molecule has 6 aromatic carbocycles. The fourth-order valence-corrected chi connectivity index (χ4v) is 5.82. The Morgan fingerprint density at radius 3 is 1.60 bits per heavy atom. The zero-order valence-corrected chi connectivity index (χ0v) is 27.2. The second kappa shape index (κ2) is 13.7. The number of hydrogen-bond donors (Lipinski definition) is 4. The lowest BCUT2D eigenvalue weighted by Gasteiger charge is -2.36. The van der Waals surface area contributed by atoms with Crippen LogP contribution in [0.2, 0.25) is 0 Å². The second-order valence-corrected chi connectivity index (χ2v) is 12.0. The van der Waals surface area contributed by atoms with Crippen LogP contribution in [-0.4, -0.2) is 0 Å². The fraction of sp³-hybridized carbons (Fsp3) is 0.0476. The molecule has 0 spiro atoms. The van der Waals surface area contributed by atoms with Crippen LogP contribution < -0.4 is 41.9 Å². The molecule has 8 heteroatoms. The van der Waals surface area contributed by atoms with Gasteiger partial charge in [0, 0.05) is 40.4 Å². The maximum absolute atomic E-state index is 6.98. The van der Waals surface area contributed by atoms with Crippen molar-refractivity contribution in [2.24, 2.45) is 0 Å². The lowest BCUT2D eigenvalue weighted by atomic mass is 9.81. The van der Waals surface area contributed by atoms with E-state index in [-0.39, 0.29) is 0 Å². The Kier molecular flexibility index (Phi) is 8.73. The molecule has 0 saturated heterocycles. The molecule has 7 rings (SSSR count). The van der Waals surface area contributed by atoms with Crippen LogP contribution in [0.3, 0.4) is 0 Å². The van der Waals surface area contributed by atoms with Crippen LogP contribution in [0.1, 0.15) is 12.0 Å². The summed E-state index contributed by atoms with van der Waals surface area (Å²) in [6, 6.07) is 43.2. The summed E-state index contributed by atoms with van der Waals surface area (Å²) >= 11 is 0. The summed E-state index contributed by atoms with van der Waals surface area (Å²) in [6.45, 7) is 0. The van der Waals surface area contributed by atoms with Crippen molar-refractivity contribution >= 4 is 22.7 Å². The molecular weight excluding hydrogens is 624 g/mol. The molecule has 0 saturated carbocycles. The van der Waals surface area contributed by atoms with Gasteiger partial charge in [0.25, 0.3) is 0 Å². The average Bonchev–Trinajstić information content (AvgIpc) is 3.11. The summed E-state index contributed by atoms with van der Waals surface area (Å²) in [4.78, 5) is 0. The summed E-state index contributed by atoms with van der Waals surface area (Å²) in [5.74, 6) is 4.56. The van der Waals surface area contributed by atoms with Crippen molar-refractivity contribution in [1.82, 2.24) is 0 Å². The summed E-state index contributed by atoms with van der Waals surface area (Å²) < 4.78 is 25.8. The number of nitrogen functional groups attached to an aromatic ring is 4. The van der Waals surface area contributed by atoms with Gasteiger partial charge in [0.15, 0.2) is 5.60 Å². The molecule has 0 aliphatic heterocycles. The van der Waals surface area contributed by atoms with Crippen LogP contribution in [0.4, 0.5) is 22.7 Å². The number of nitrogens with two attached hydrogens (primary N) is 4. The van der Waals surface area contributed by atoms with Gasteiger partial charge >= 0.3 is 0 Å². The molecule has 1 atom stereocenters. The maximum Gasteiger partial charge on any atom is 0.160 e. The van der Waals surface area contributed by atoms with Crippen LogP contribution in [0, 0.1) is 0 Å².